The van der Waals surface area contributed by atoms with Gasteiger partial charge in [0.05, 0.1) is 0 Å². The molecule has 3 heteroatoms. The van der Waals surface area contributed by atoms with Crippen molar-refractivity contribution < 1.29 is 8.95 Å². The van der Waals surface area contributed by atoms with Gasteiger partial charge in [-0.05, 0) is 37.0 Å². The minimum absolute atomic E-state index is 0.401. The highest BCUT2D eigenvalue weighted by molar-refractivity contribution is 7.84. The summed E-state index contributed by atoms with van der Waals surface area (Å²) in [6.07, 6.45) is 15.3. The smallest absolute Gasteiger partial charge is 0.0474 e. The molecule has 0 heterocycles. The molecular formula is C23H48O2S. The van der Waals surface area contributed by atoms with Gasteiger partial charge >= 0.3 is 0 Å². The fraction of sp³-hybridized carbons (Fsp3) is 1.00. The lowest BCUT2D eigenvalue weighted by molar-refractivity contribution is 0.123. The summed E-state index contributed by atoms with van der Waals surface area (Å²) in [5.41, 5.74) is 0.401. The fourth-order valence-corrected chi connectivity index (χ4v) is 4.28. The molecule has 0 aromatic carbocycles. The minimum atomic E-state index is -0.637. The molecule has 1 unspecified atom stereocenters. The van der Waals surface area contributed by atoms with Gasteiger partial charge in [0.15, 0.2) is 0 Å². The zero-order valence-electron chi connectivity index (χ0n) is 18.6. The SMILES string of the molecule is CC(C)CCCCCCCCCCS(=O)CCCOCCCC(C)(C)C. The average molecular weight is 389 g/mol. The van der Waals surface area contributed by atoms with E-state index in [1.165, 1.54) is 57.8 Å². The van der Waals surface area contributed by atoms with Crippen LogP contribution in [-0.2, 0) is 15.5 Å². The van der Waals surface area contributed by atoms with Crippen molar-refractivity contribution in [2.75, 3.05) is 24.7 Å². The van der Waals surface area contributed by atoms with Crippen molar-refractivity contribution in [3.63, 3.8) is 0 Å². The van der Waals surface area contributed by atoms with Gasteiger partial charge in [0.1, 0.15) is 0 Å². The highest BCUT2D eigenvalue weighted by Gasteiger charge is 2.08. The molecule has 0 fully saturated rings. The van der Waals surface area contributed by atoms with Crippen LogP contribution in [0, 0.1) is 11.3 Å². The van der Waals surface area contributed by atoms with E-state index in [1.54, 1.807) is 0 Å². The Labute approximate surface area is 167 Å². The highest BCUT2D eigenvalue weighted by Crippen LogP contribution is 2.20. The molecule has 0 saturated carbocycles. The molecule has 0 aromatic rings. The Morgan fingerprint density at radius 3 is 1.81 bits per heavy atom. The molecule has 0 N–H and O–H groups in total. The van der Waals surface area contributed by atoms with E-state index in [0.29, 0.717) is 5.41 Å². The first-order valence-electron chi connectivity index (χ1n) is 11.2. The molecule has 26 heavy (non-hydrogen) atoms. The first-order chi connectivity index (χ1) is 12.3. The molecule has 0 rings (SSSR count). The monoisotopic (exact) mass is 388 g/mol. The Hall–Kier alpha value is 0.110. The van der Waals surface area contributed by atoms with Gasteiger partial charge in [0.2, 0.25) is 0 Å². The van der Waals surface area contributed by atoms with E-state index in [-0.39, 0.29) is 0 Å². The van der Waals surface area contributed by atoms with Gasteiger partial charge in [-0.15, -0.1) is 0 Å². The predicted octanol–water partition coefficient (Wildman–Crippen LogP) is 7.14. The summed E-state index contributed by atoms with van der Waals surface area (Å²) in [7, 11) is -0.637. The predicted molar refractivity (Wildman–Crippen MR) is 118 cm³/mol. The van der Waals surface area contributed by atoms with Crippen LogP contribution in [0.4, 0.5) is 0 Å². The quantitative estimate of drug-likeness (QED) is 0.233. The third-order valence-electron chi connectivity index (χ3n) is 4.78. The molecule has 0 saturated heterocycles. The third-order valence-corrected chi connectivity index (χ3v) is 6.27. The van der Waals surface area contributed by atoms with E-state index >= 15 is 0 Å². The summed E-state index contributed by atoms with van der Waals surface area (Å²) in [5.74, 6) is 2.56. The molecule has 0 bridgehead atoms. The van der Waals surface area contributed by atoms with Crippen molar-refractivity contribution in [3.05, 3.63) is 0 Å². The first-order valence-corrected chi connectivity index (χ1v) is 12.7. The Kier molecular flexibility index (Phi) is 17.3. The third kappa shape index (κ3) is 22.2. The Balaban J connectivity index is 3.23. The van der Waals surface area contributed by atoms with Crippen LogP contribution >= 0.6 is 0 Å². The lowest BCUT2D eigenvalue weighted by atomic mass is 9.91. The van der Waals surface area contributed by atoms with Gasteiger partial charge in [0, 0.05) is 35.5 Å². The van der Waals surface area contributed by atoms with Crippen LogP contribution in [0.15, 0.2) is 0 Å². The molecule has 2 nitrogen and oxygen atoms in total. The summed E-state index contributed by atoms with van der Waals surface area (Å²) in [5, 5.41) is 0. The number of hydrogen-bond donors (Lipinski definition) is 0. The van der Waals surface area contributed by atoms with Crippen molar-refractivity contribution in [1.82, 2.24) is 0 Å². The van der Waals surface area contributed by atoms with E-state index in [1.807, 2.05) is 0 Å². The molecule has 0 aliphatic rings. The molecule has 0 radical (unpaired) electrons. The van der Waals surface area contributed by atoms with E-state index in [9.17, 15) is 4.21 Å². The second kappa shape index (κ2) is 17.2. The molecule has 158 valence electrons. The number of ether oxygens (including phenoxy) is 1. The normalized spacial score (nSPS) is 13.5. The zero-order valence-corrected chi connectivity index (χ0v) is 19.4. The summed E-state index contributed by atoms with van der Waals surface area (Å²) < 4.78 is 17.6. The van der Waals surface area contributed by atoms with Crippen molar-refractivity contribution in [2.24, 2.45) is 11.3 Å². The Bertz CT molecular complexity index is 321. The maximum absolute atomic E-state index is 12.0. The van der Waals surface area contributed by atoms with Crippen LogP contribution in [0.5, 0.6) is 0 Å². The maximum Gasteiger partial charge on any atom is 0.0474 e. The number of unbranched alkanes of at least 4 members (excludes halogenated alkanes) is 7. The van der Waals surface area contributed by atoms with Crippen LogP contribution in [0.1, 0.15) is 112 Å². The Morgan fingerprint density at radius 1 is 0.731 bits per heavy atom. The highest BCUT2D eigenvalue weighted by atomic mass is 32.2. The van der Waals surface area contributed by atoms with Crippen LogP contribution in [0.25, 0.3) is 0 Å². The largest absolute Gasteiger partial charge is 0.381 e. The summed E-state index contributed by atoms with van der Waals surface area (Å²) in [6, 6.07) is 0. The minimum Gasteiger partial charge on any atom is -0.381 e. The second-order valence-corrected chi connectivity index (χ2v) is 11.2. The van der Waals surface area contributed by atoms with Crippen molar-refractivity contribution in [3.8, 4) is 0 Å². The van der Waals surface area contributed by atoms with E-state index < -0.39 is 10.8 Å². The molecular weight excluding hydrogens is 340 g/mol. The van der Waals surface area contributed by atoms with Gasteiger partial charge in [-0.2, -0.15) is 0 Å². The van der Waals surface area contributed by atoms with Crippen LogP contribution < -0.4 is 0 Å². The lowest BCUT2D eigenvalue weighted by Gasteiger charge is -2.17. The van der Waals surface area contributed by atoms with E-state index in [2.05, 4.69) is 34.6 Å². The molecule has 1 atom stereocenters. The molecule has 0 aliphatic carbocycles. The van der Waals surface area contributed by atoms with Crippen LogP contribution in [0.2, 0.25) is 0 Å². The molecule has 0 amide bonds. The van der Waals surface area contributed by atoms with Gasteiger partial charge in [-0.25, -0.2) is 0 Å². The maximum atomic E-state index is 12.0. The van der Waals surface area contributed by atoms with Crippen LogP contribution in [-0.4, -0.2) is 28.9 Å². The molecule has 0 aliphatic heterocycles. The summed E-state index contributed by atoms with van der Waals surface area (Å²) in [6.45, 7) is 13.0. The second-order valence-electron chi connectivity index (χ2n) is 9.49. The lowest BCUT2D eigenvalue weighted by Crippen LogP contribution is -2.09. The van der Waals surface area contributed by atoms with E-state index in [4.69, 9.17) is 4.74 Å². The summed E-state index contributed by atoms with van der Waals surface area (Å²) >= 11 is 0. The average Bonchev–Trinajstić information content (AvgIpc) is 2.54. The van der Waals surface area contributed by atoms with Gasteiger partial charge in [-0.3, -0.25) is 4.21 Å². The zero-order chi connectivity index (χ0) is 19.7. The molecule has 0 spiro atoms. The van der Waals surface area contributed by atoms with Crippen LogP contribution in [0.3, 0.4) is 0 Å². The number of hydrogen-bond acceptors (Lipinski definition) is 2. The van der Waals surface area contributed by atoms with E-state index in [0.717, 1.165) is 49.9 Å². The van der Waals surface area contributed by atoms with Crippen molar-refractivity contribution >= 4 is 10.8 Å². The van der Waals surface area contributed by atoms with Gasteiger partial charge in [0.25, 0.3) is 0 Å². The topological polar surface area (TPSA) is 26.3 Å². The van der Waals surface area contributed by atoms with Gasteiger partial charge in [-0.1, -0.05) is 86.0 Å². The Morgan fingerprint density at radius 2 is 1.23 bits per heavy atom. The molecule has 0 aromatic heterocycles. The van der Waals surface area contributed by atoms with Gasteiger partial charge < -0.3 is 4.74 Å². The fourth-order valence-electron chi connectivity index (χ4n) is 3.11. The first kappa shape index (κ1) is 26.1. The standard InChI is InChI=1S/C23H48O2S/c1-22(2)16-12-10-8-6-7-9-11-13-20-26(24)21-15-19-25-18-14-17-23(3,4)5/h22H,6-21H2,1-5H3. The summed E-state index contributed by atoms with van der Waals surface area (Å²) in [4.78, 5) is 0. The van der Waals surface area contributed by atoms with Crippen molar-refractivity contribution in [1.29, 1.82) is 0 Å². The van der Waals surface area contributed by atoms with Crippen molar-refractivity contribution in [2.45, 2.75) is 112 Å². The number of rotatable bonds is 18.